The fourth-order valence-corrected chi connectivity index (χ4v) is 2.02. The lowest BCUT2D eigenvalue weighted by molar-refractivity contribution is -0.385. The zero-order valence-electron chi connectivity index (χ0n) is 9.14. The molecule has 0 aromatic heterocycles. The lowest BCUT2D eigenvalue weighted by Crippen LogP contribution is -1.90. The molecule has 0 saturated heterocycles. The minimum Gasteiger partial charge on any atom is -0.502 e. The number of hydrogen-bond donors (Lipinski definition) is 1. The first-order valence-corrected chi connectivity index (χ1v) is 6.04. The molecule has 0 aliphatic rings. The van der Waals surface area contributed by atoms with Gasteiger partial charge < -0.3 is 5.11 Å². The fraction of sp³-hybridized carbons (Fsp3) is 0.273. The van der Waals surface area contributed by atoms with Crippen LogP contribution in [0.1, 0.15) is 18.9 Å². The number of nitro groups is 1. The number of benzene rings is 1. The molecule has 0 spiro atoms. The first kappa shape index (κ1) is 12.6. The molecule has 0 fully saturated rings. The summed E-state index contributed by atoms with van der Waals surface area (Å²) in [5.74, 6) is -0.300. The summed E-state index contributed by atoms with van der Waals surface area (Å²) in [7, 11) is 0. The highest BCUT2D eigenvalue weighted by Crippen LogP contribution is 2.33. The van der Waals surface area contributed by atoms with Crippen molar-refractivity contribution in [2.45, 2.75) is 13.3 Å². The first-order chi connectivity index (χ1) is 7.60. The van der Waals surface area contributed by atoms with Gasteiger partial charge in [-0.25, -0.2) is 0 Å². The Morgan fingerprint density at radius 3 is 2.81 bits per heavy atom. The Morgan fingerprint density at radius 2 is 2.31 bits per heavy atom. The van der Waals surface area contributed by atoms with Gasteiger partial charge in [0.2, 0.25) is 0 Å². The third-order valence-corrected chi connectivity index (χ3v) is 2.91. The second-order valence-corrected chi connectivity index (χ2v) is 3.99. The predicted molar refractivity (Wildman–Crippen MR) is 66.5 cm³/mol. The van der Waals surface area contributed by atoms with Crippen molar-refractivity contribution in [3.63, 3.8) is 0 Å². The Bertz CT molecular complexity index is 429. The summed E-state index contributed by atoms with van der Waals surface area (Å²) in [4.78, 5) is 11.1. The van der Waals surface area contributed by atoms with Gasteiger partial charge in [-0.3, -0.25) is 10.1 Å². The van der Waals surface area contributed by atoms with E-state index in [1.54, 1.807) is 6.07 Å². The highest BCUT2D eigenvalue weighted by molar-refractivity contribution is 8.07. The molecule has 86 valence electrons. The van der Waals surface area contributed by atoms with Gasteiger partial charge in [-0.05, 0) is 30.4 Å². The van der Waals surface area contributed by atoms with Crippen LogP contribution in [0.5, 0.6) is 5.75 Å². The summed E-state index contributed by atoms with van der Waals surface area (Å²) < 4.78 is 0. The van der Waals surface area contributed by atoms with Gasteiger partial charge in [-0.2, -0.15) is 0 Å². The average Bonchev–Trinajstić information content (AvgIpc) is 2.26. The van der Waals surface area contributed by atoms with Crippen LogP contribution in [0.15, 0.2) is 24.3 Å². The number of phenolic OH excluding ortho intramolecular Hbond substituents is 1. The molecule has 0 radical (unpaired) electrons. The second kappa shape index (κ2) is 5.55. The van der Waals surface area contributed by atoms with E-state index in [0.717, 1.165) is 16.9 Å². The highest BCUT2D eigenvalue weighted by atomic mass is 32.2. The summed E-state index contributed by atoms with van der Waals surface area (Å²) in [5.41, 5.74) is 0.507. The van der Waals surface area contributed by atoms with Crippen LogP contribution in [0.25, 0.3) is 4.91 Å². The Morgan fingerprint density at radius 1 is 1.62 bits per heavy atom. The van der Waals surface area contributed by atoms with Crippen LogP contribution in [-0.4, -0.2) is 16.3 Å². The molecule has 1 aromatic carbocycles. The zero-order chi connectivity index (χ0) is 12.1. The number of aromatic hydroxyl groups is 1. The van der Waals surface area contributed by atoms with Gasteiger partial charge in [0.25, 0.3) is 0 Å². The van der Waals surface area contributed by atoms with Gasteiger partial charge in [0.05, 0.1) is 4.92 Å². The number of rotatable bonds is 4. The summed E-state index contributed by atoms with van der Waals surface area (Å²) in [6.07, 6.45) is 4.78. The summed E-state index contributed by atoms with van der Waals surface area (Å²) in [6, 6.07) is 4.43. The molecular weight excluding hydrogens is 226 g/mol. The molecule has 0 unspecified atom stereocenters. The van der Waals surface area contributed by atoms with E-state index in [0.29, 0.717) is 0 Å². The molecule has 1 N–H and O–H groups in total. The predicted octanol–water partition coefficient (Wildman–Crippen LogP) is 3.41. The molecule has 5 heteroatoms. The molecule has 4 nitrogen and oxygen atoms in total. The molecule has 1 aromatic rings. The Balaban J connectivity index is 3.21. The average molecular weight is 239 g/mol. The monoisotopic (exact) mass is 239 g/mol. The van der Waals surface area contributed by atoms with Crippen molar-refractivity contribution < 1.29 is 10.0 Å². The zero-order valence-corrected chi connectivity index (χ0v) is 9.95. The van der Waals surface area contributed by atoms with E-state index in [9.17, 15) is 15.2 Å². The third-order valence-electron chi connectivity index (χ3n) is 2.07. The van der Waals surface area contributed by atoms with E-state index in [-0.39, 0.29) is 11.4 Å². The van der Waals surface area contributed by atoms with E-state index in [4.69, 9.17) is 0 Å². The molecular formula is C11H13NO3S. The van der Waals surface area contributed by atoms with E-state index < -0.39 is 4.92 Å². The Kier molecular flexibility index (Phi) is 4.37. The van der Waals surface area contributed by atoms with Crippen molar-refractivity contribution in [3.8, 4) is 5.75 Å². The largest absolute Gasteiger partial charge is 0.502 e. The van der Waals surface area contributed by atoms with Gasteiger partial charge in [-0.15, -0.1) is 11.8 Å². The highest BCUT2D eigenvalue weighted by Gasteiger charge is 2.14. The van der Waals surface area contributed by atoms with Gasteiger partial charge >= 0.3 is 5.69 Å². The maximum Gasteiger partial charge on any atom is 0.311 e. The maximum atomic E-state index is 10.7. The fourth-order valence-electron chi connectivity index (χ4n) is 1.33. The molecule has 1 rings (SSSR count). The van der Waals surface area contributed by atoms with Crippen molar-refractivity contribution in [2.24, 2.45) is 0 Å². The van der Waals surface area contributed by atoms with Crippen LogP contribution in [0.4, 0.5) is 5.69 Å². The van der Waals surface area contributed by atoms with Crippen LogP contribution in [0, 0.1) is 10.1 Å². The first-order valence-electron chi connectivity index (χ1n) is 4.82. The number of thioether (sulfide) groups is 1. The van der Waals surface area contributed by atoms with Crippen LogP contribution >= 0.6 is 11.8 Å². The molecule has 0 aliphatic carbocycles. The minimum absolute atomic E-state index is 0.256. The van der Waals surface area contributed by atoms with Gasteiger partial charge in [0.1, 0.15) is 0 Å². The van der Waals surface area contributed by atoms with Crippen molar-refractivity contribution in [2.75, 3.05) is 6.26 Å². The number of nitrogens with zero attached hydrogens (tertiary/aromatic N) is 1. The number of nitro benzene ring substituents is 1. The number of allylic oxidation sites excluding steroid dienone is 1. The van der Waals surface area contributed by atoms with Crippen molar-refractivity contribution in [1.82, 2.24) is 0 Å². The van der Waals surface area contributed by atoms with E-state index in [2.05, 4.69) is 0 Å². The van der Waals surface area contributed by atoms with E-state index in [1.807, 2.05) is 19.3 Å². The standard InChI is InChI=1S/C11H13NO3S/c1-3-4-11(16-2)8-5-6-10(13)9(7-8)12(14)15/h4-7,13H,3H2,1-2H3/b11-4-. The topological polar surface area (TPSA) is 63.4 Å². The molecule has 0 bridgehead atoms. The summed E-state index contributed by atoms with van der Waals surface area (Å²) in [6.45, 7) is 2.01. The normalized spacial score (nSPS) is 11.5. The van der Waals surface area contributed by atoms with E-state index in [1.165, 1.54) is 23.9 Å². The maximum absolute atomic E-state index is 10.7. The lowest BCUT2D eigenvalue weighted by Gasteiger charge is -2.04. The van der Waals surface area contributed by atoms with Crippen LogP contribution < -0.4 is 0 Å². The number of phenols is 1. The van der Waals surface area contributed by atoms with Crippen molar-refractivity contribution >= 4 is 22.4 Å². The molecule has 0 atom stereocenters. The van der Waals surface area contributed by atoms with E-state index >= 15 is 0 Å². The molecule has 0 aliphatic heterocycles. The van der Waals surface area contributed by atoms with Crippen LogP contribution in [0.3, 0.4) is 0 Å². The lowest BCUT2D eigenvalue weighted by atomic mass is 10.1. The SMILES string of the molecule is CC/C=C(\SC)c1ccc(O)c([N+](=O)[O-])c1. The van der Waals surface area contributed by atoms with Crippen LogP contribution in [-0.2, 0) is 0 Å². The molecule has 16 heavy (non-hydrogen) atoms. The third kappa shape index (κ3) is 2.76. The molecule has 0 amide bonds. The molecule has 0 heterocycles. The quantitative estimate of drug-likeness (QED) is 0.646. The van der Waals surface area contributed by atoms with Crippen molar-refractivity contribution in [3.05, 3.63) is 40.0 Å². The van der Waals surface area contributed by atoms with Crippen LogP contribution in [0.2, 0.25) is 0 Å². The van der Waals surface area contributed by atoms with Gasteiger partial charge in [0, 0.05) is 11.0 Å². The Labute approximate surface area is 98.1 Å². The Hall–Kier alpha value is -1.49. The molecule has 0 saturated carbocycles. The van der Waals surface area contributed by atoms with Gasteiger partial charge in [0.15, 0.2) is 5.75 Å². The van der Waals surface area contributed by atoms with Gasteiger partial charge in [-0.1, -0.05) is 13.0 Å². The summed E-state index contributed by atoms with van der Waals surface area (Å²) >= 11 is 1.53. The van der Waals surface area contributed by atoms with Crippen molar-refractivity contribution in [1.29, 1.82) is 0 Å². The number of hydrogen-bond acceptors (Lipinski definition) is 4. The second-order valence-electron chi connectivity index (χ2n) is 3.14. The minimum atomic E-state index is -0.581. The smallest absolute Gasteiger partial charge is 0.311 e. The summed E-state index contributed by atoms with van der Waals surface area (Å²) in [5, 5.41) is 20.0.